The van der Waals surface area contributed by atoms with Gasteiger partial charge < -0.3 is 10.2 Å². The van der Waals surface area contributed by atoms with E-state index in [4.69, 9.17) is 5.14 Å². The first-order valence-corrected chi connectivity index (χ1v) is 11.7. The minimum atomic E-state index is -3.66. The van der Waals surface area contributed by atoms with Gasteiger partial charge in [0.25, 0.3) is 5.91 Å². The maximum atomic E-state index is 12.2. The van der Waals surface area contributed by atoms with Crippen LogP contribution in [0.25, 0.3) is 0 Å². The molecule has 0 aliphatic carbocycles. The molecule has 0 unspecified atom stereocenters. The Labute approximate surface area is 173 Å². The average Bonchev–Trinajstić information content (AvgIpc) is 2.70. The van der Waals surface area contributed by atoms with E-state index >= 15 is 0 Å². The molecule has 0 spiro atoms. The van der Waals surface area contributed by atoms with Gasteiger partial charge in [0.05, 0.1) is 18.0 Å². The van der Waals surface area contributed by atoms with Gasteiger partial charge in [0.2, 0.25) is 10.0 Å². The van der Waals surface area contributed by atoms with Crippen molar-refractivity contribution in [3.63, 3.8) is 0 Å². The predicted molar refractivity (Wildman–Crippen MR) is 113 cm³/mol. The zero-order valence-electron chi connectivity index (χ0n) is 16.6. The van der Waals surface area contributed by atoms with Gasteiger partial charge in [-0.15, -0.1) is 0 Å². The maximum Gasteiger partial charge on any atom is 0.275 e. The lowest BCUT2D eigenvalue weighted by atomic mass is 9.90. The van der Waals surface area contributed by atoms with Crippen LogP contribution >= 0.6 is 0 Å². The van der Waals surface area contributed by atoms with Gasteiger partial charge in [-0.1, -0.05) is 42.5 Å². The highest BCUT2D eigenvalue weighted by molar-refractivity contribution is 7.89. The molecule has 156 valence electrons. The first kappa shape index (κ1) is 21.5. The summed E-state index contributed by atoms with van der Waals surface area (Å²) >= 11 is 0. The molecule has 1 fully saturated rings. The SMILES string of the molecule is NS(=O)(=O)c1ccc(CCNC(=O)C[NH+]2CCC(Cc3ccccc3)CC2)cc1. The minimum Gasteiger partial charge on any atom is -0.351 e. The number of amides is 1. The molecule has 0 saturated carbocycles. The summed E-state index contributed by atoms with van der Waals surface area (Å²) in [5, 5.41) is 8.07. The zero-order chi connectivity index (χ0) is 20.7. The molecule has 0 bridgehead atoms. The molecule has 29 heavy (non-hydrogen) atoms. The van der Waals surface area contributed by atoms with Gasteiger partial charge in [0, 0.05) is 6.54 Å². The minimum absolute atomic E-state index is 0.0719. The number of nitrogens with two attached hydrogens (primary N) is 1. The molecule has 1 saturated heterocycles. The molecular formula is C22H30N3O3S+. The Hall–Kier alpha value is -2.22. The van der Waals surface area contributed by atoms with Crippen molar-refractivity contribution in [1.82, 2.24) is 5.32 Å². The molecule has 1 aliphatic heterocycles. The number of nitrogens with one attached hydrogen (secondary N) is 2. The first-order valence-electron chi connectivity index (χ1n) is 10.2. The molecule has 2 aromatic rings. The van der Waals surface area contributed by atoms with Crippen LogP contribution in [0.4, 0.5) is 0 Å². The fraction of sp³-hybridized carbons (Fsp3) is 0.409. The van der Waals surface area contributed by atoms with Gasteiger partial charge in [0.1, 0.15) is 0 Å². The van der Waals surface area contributed by atoms with E-state index in [1.807, 2.05) is 0 Å². The molecule has 4 N–H and O–H groups in total. The Morgan fingerprint density at radius 3 is 2.28 bits per heavy atom. The van der Waals surface area contributed by atoms with Crippen molar-refractivity contribution in [3.8, 4) is 0 Å². The van der Waals surface area contributed by atoms with Crippen LogP contribution in [0.5, 0.6) is 0 Å². The molecule has 1 aliphatic rings. The van der Waals surface area contributed by atoms with E-state index in [1.165, 1.54) is 22.6 Å². The standard InChI is InChI=1S/C22H29N3O3S/c23-29(27,28)21-8-6-18(7-9-21)10-13-24-22(26)17-25-14-11-20(12-15-25)16-19-4-2-1-3-5-19/h1-9,20H,10-17H2,(H,24,26)(H2,23,27,28)/p+1. The molecule has 6 nitrogen and oxygen atoms in total. The van der Waals surface area contributed by atoms with Crippen LogP contribution in [0, 0.1) is 5.92 Å². The molecule has 0 atom stereocenters. The summed E-state index contributed by atoms with van der Waals surface area (Å²) in [5.74, 6) is 0.784. The van der Waals surface area contributed by atoms with Crippen molar-refractivity contribution in [3.05, 3.63) is 65.7 Å². The lowest BCUT2D eigenvalue weighted by Gasteiger charge is -2.29. The number of carbonyl (C=O) groups is 1. The van der Waals surface area contributed by atoms with E-state index < -0.39 is 10.0 Å². The second-order valence-electron chi connectivity index (χ2n) is 7.85. The number of hydrogen-bond acceptors (Lipinski definition) is 3. The van der Waals surface area contributed by atoms with E-state index in [-0.39, 0.29) is 10.8 Å². The summed E-state index contributed by atoms with van der Waals surface area (Å²) in [5.41, 5.74) is 2.36. The second kappa shape index (κ2) is 10.0. The third-order valence-electron chi connectivity index (χ3n) is 5.58. The fourth-order valence-corrected chi connectivity index (χ4v) is 4.41. The van der Waals surface area contributed by atoms with Crippen molar-refractivity contribution in [2.24, 2.45) is 11.1 Å². The fourth-order valence-electron chi connectivity index (χ4n) is 3.90. The van der Waals surface area contributed by atoms with E-state index in [0.717, 1.165) is 37.9 Å². The summed E-state index contributed by atoms with van der Waals surface area (Å²) in [6.45, 7) is 3.14. The smallest absolute Gasteiger partial charge is 0.275 e. The van der Waals surface area contributed by atoms with Crippen molar-refractivity contribution in [2.75, 3.05) is 26.2 Å². The van der Waals surface area contributed by atoms with Crippen LogP contribution < -0.4 is 15.4 Å². The van der Waals surface area contributed by atoms with E-state index in [9.17, 15) is 13.2 Å². The Balaban J connectivity index is 1.34. The molecule has 3 rings (SSSR count). The van der Waals surface area contributed by atoms with Crippen molar-refractivity contribution < 1.29 is 18.1 Å². The molecule has 0 radical (unpaired) electrons. The number of hydrogen-bond donors (Lipinski definition) is 3. The summed E-state index contributed by atoms with van der Waals surface area (Å²) < 4.78 is 22.5. The van der Waals surface area contributed by atoms with Crippen LogP contribution in [0.3, 0.4) is 0 Å². The number of benzene rings is 2. The topological polar surface area (TPSA) is 93.7 Å². The summed E-state index contributed by atoms with van der Waals surface area (Å²) in [6, 6.07) is 17.1. The van der Waals surface area contributed by atoms with E-state index in [0.29, 0.717) is 25.4 Å². The lowest BCUT2D eigenvalue weighted by molar-refractivity contribution is -0.898. The third kappa shape index (κ3) is 6.96. The number of primary sulfonamides is 1. The van der Waals surface area contributed by atoms with Gasteiger partial charge in [-0.05, 0) is 54.9 Å². The van der Waals surface area contributed by atoms with Crippen LogP contribution in [0.2, 0.25) is 0 Å². The number of rotatable bonds is 8. The lowest BCUT2D eigenvalue weighted by Crippen LogP contribution is -3.14. The normalized spacial score (nSPS) is 19.6. The molecule has 0 aromatic heterocycles. The van der Waals surface area contributed by atoms with E-state index in [2.05, 4.69) is 35.6 Å². The monoisotopic (exact) mass is 416 g/mol. The average molecular weight is 417 g/mol. The maximum absolute atomic E-state index is 12.2. The Morgan fingerprint density at radius 2 is 1.66 bits per heavy atom. The van der Waals surface area contributed by atoms with Crippen LogP contribution in [0.1, 0.15) is 24.0 Å². The number of carbonyl (C=O) groups excluding carboxylic acids is 1. The second-order valence-corrected chi connectivity index (χ2v) is 9.41. The first-order chi connectivity index (χ1) is 13.9. The largest absolute Gasteiger partial charge is 0.351 e. The van der Waals surface area contributed by atoms with Crippen LogP contribution in [0.15, 0.2) is 59.5 Å². The van der Waals surface area contributed by atoms with Crippen LogP contribution in [-0.2, 0) is 27.7 Å². The van der Waals surface area contributed by atoms with Gasteiger partial charge in [-0.3, -0.25) is 4.79 Å². The molecule has 2 aromatic carbocycles. The van der Waals surface area contributed by atoms with Crippen molar-refractivity contribution in [2.45, 2.75) is 30.6 Å². The number of sulfonamides is 1. The summed E-state index contributed by atoms with van der Waals surface area (Å²) in [6.07, 6.45) is 4.11. The molecule has 1 heterocycles. The Bertz CT molecular complexity index is 891. The molecule has 1 amide bonds. The summed E-state index contributed by atoms with van der Waals surface area (Å²) in [7, 11) is -3.66. The van der Waals surface area contributed by atoms with Crippen molar-refractivity contribution in [1.29, 1.82) is 0 Å². The quantitative estimate of drug-likeness (QED) is 0.586. The van der Waals surface area contributed by atoms with E-state index in [1.54, 1.807) is 12.1 Å². The predicted octanol–water partition coefficient (Wildman–Crippen LogP) is 0.530. The number of piperidine rings is 1. The zero-order valence-corrected chi connectivity index (χ0v) is 17.5. The highest BCUT2D eigenvalue weighted by Crippen LogP contribution is 2.16. The van der Waals surface area contributed by atoms with Gasteiger partial charge in [-0.25, -0.2) is 13.6 Å². The number of likely N-dealkylation sites (tertiary alicyclic amines) is 1. The Morgan fingerprint density at radius 1 is 1.00 bits per heavy atom. The molecular weight excluding hydrogens is 386 g/mol. The highest BCUT2D eigenvalue weighted by atomic mass is 32.2. The van der Waals surface area contributed by atoms with Crippen LogP contribution in [-0.4, -0.2) is 40.5 Å². The third-order valence-corrected chi connectivity index (χ3v) is 6.51. The Kier molecular flexibility index (Phi) is 7.41. The van der Waals surface area contributed by atoms with Gasteiger partial charge >= 0.3 is 0 Å². The highest BCUT2D eigenvalue weighted by Gasteiger charge is 2.23. The van der Waals surface area contributed by atoms with Gasteiger partial charge in [0.15, 0.2) is 6.54 Å². The van der Waals surface area contributed by atoms with Gasteiger partial charge in [-0.2, -0.15) is 0 Å². The number of quaternary nitrogens is 1. The molecule has 7 heteroatoms. The summed E-state index contributed by atoms with van der Waals surface area (Å²) in [4.78, 5) is 13.7. The van der Waals surface area contributed by atoms with Crippen molar-refractivity contribution >= 4 is 15.9 Å².